The minimum atomic E-state index is -2.66. The highest BCUT2D eigenvalue weighted by Crippen LogP contribution is 2.02. The lowest BCUT2D eigenvalue weighted by Gasteiger charge is -2.03. The molecular weight excluding hydrogens is 272 g/mol. The van der Waals surface area contributed by atoms with Crippen LogP contribution in [0.25, 0.3) is 0 Å². The first-order valence-corrected chi connectivity index (χ1v) is 7.47. The van der Waals surface area contributed by atoms with E-state index in [1.807, 2.05) is 13.8 Å². The second-order valence-corrected chi connectivity index (χ2v) is 5.01. The molecule has 0 heterocycles. The van der Waals surface area contributed by atoms with Crippen molar-refractivity contribution in [3.8, 4) is 0 Å². The van der Waals surface area contributed by atoms with E-state index in [1.165, 1.54) is 0 Å². The van der Waals surface area contributed by atoms with Crippen molar-refractivity contribution in [2.24, 2.45) is 0 Å². The zero-order valence-corrected chi connectivity index (χ0v) is 12.1. The zero-order valence-electron chi connectivity index (χ0n) is 11.3. The third kappa shape index (κ3) is 8.36. The highest BCUT2D eigenvalue weighted by atomic mass is 32.2. The van der Waals surface area contributed by atoms with Gasteiger partial charge >= 0.3 is 11.9 Å². The summed E-state index contributed by atoms with van der Waals surface area (Å²) in [7, 11) is -2.66. The van der Waals surface area contributed by atoms with Crippen LogP contribution in [0.3, 0.4) is 0 Å². The van der Waals surface area contributed by atoms with E-state index in [4.69, 9.17) is 0 Å². The van der Waals surface area contributed by atoms with Gasteiger partial charge in [0.25, 0.3) is 0 Å². The number of carbonyl (C=O) groups is 2. The van der Waals surface area contributed by atoms with Crippen molar-refractivity contribution in [2.75, 3.05) is 0 Å². The summed E-state index contributed by atoms with van der Waals surface area (Å²) in [5.41, 5.74) is 0. The molecule has 0 atom stereocenters. The SMILES string of the molecule is CCCCCC(=O)OOC(=O)C(CCCC)=S(=O)=O. The standard InChI is InChI=1S/C12H20O6S/c1-3-5-7-9-11(13)17-18-12(14)10(19(15)16)8-6-4-2/h3-9H2,1-2H3. The first kappa shape index (κ1) is 17.6. The predicted molar refractivity (Wildman–Crippen MR) is 69.8 cm³/mol. The molecule has 0 amide bonds. The van der Waals surface area contributed by atoms with Crippen molar-refractivity contribution in [1.29, 1.82) is 0 Å². The van der Waals surface area contributed by atoms with Crippen LogP contribution in [-0.4, -0.2) is 25.2 Å². The van der Waals surface area contributed by atoms with Crippen molar-refractivity contribution in [3.63, 3.8) is 0 Å². The Hall–Kier alpha value is -1.37. The van der Waals surface area contributed by atoms with Gasteiger partial charge in [0.05, 0.1) is 6.42 Å². The lowest BCUT2D eigenvalue weighted by atomic mass is 10.2. The molecule has 7 heteroatoms. The van der Waals surface area contributed by atoms with Crippen LogP contribution in [0.1, 0.15) is 58.8 Å². The molecule has 0 aromatic rings. The fourth-order valence-electron chi connectivity index (χ4n) is 1.28. The van der Waals surface area contributed by atoms with Gasteiger partial charge in [0.1, 0.15) is 0 Å². The molecule has 6 nitrogen and oxygen atoms in total. The van der Waals surface area contributed by atoms with E-state index in [0.29, 0.717) is 12.8 Å². The minimum absolute atomic E-state index is 0.0822. The van der Waals surface area contributed by atoms with Crippen molar-refractivity contribution in [1.82, 2.24) is 0 Å². The molecule has 0 aliphatic heterocycles. The summed E-state index contributed by atoms with van der Waals surface area (Å²) in [6.07, 6.45) is 3.99. The summed E-state index contributed by atoms with van der Waals surface area (Å²) < 4.78 is 21.6. The molecule has 0 aliphatic rings. The van der Waals surface area contributed by atoms with Gasteiger partial charge in [-0.2, -0.15) is 8.42 Å². The van der Waals surface area contributed by atoms with Gasteiger partial charge < -0.3 is 0 Å². The second kappa shape index (κ2) is 10.5. The number of unbranched alkanes of at least 4 members (excludes halogenated alkanes) is 3. The monoisotopic (exact) mass is 292 g/mol. The summed E-state index contributed by atoms with van der Waals surface area (Å²) in [4.78, 5) is 30.7. The summed E-state index contributed by atoms with van der Waals surface area (Å²) in [5.74, 6) is -1.79. The van der Waals surface area contributed by atoms with Crippen molar-refractivity contribution >= 4 is 27.1 Å². The van der Waals surface area contributed by atoms with E-state index < -0.39 is 27.1 Å². The van der Waals surface area contributed by atoms with Crippen LogP contribution < -0.4 is 0 Å². The van der Waals surface area contributed by atoms with Gasteiger partial charge in [-0.3, -0.25) is 0 Å². The lowest BCUT2D eigenvalue weighted by molar-refractivity contribution is -0.253. The smallest absolute Gasteiger partial charge is 0.247 e. The molecular formula is C12H20O6S. The topological polar surface area (TPSA) is 86.7 Å². The Bertz CT molecular complexity index is 416. The second-order valence-electron chi connectivity index (χ2n) is 4.04. The van der Waals surface area contributed by atoms with E-state index >= 15 is 0 Å². The van der Waals surface area contributed by atoms with Gasteiger partial charge in [0, 0.05) is 0 Å². The quantitative estimate of drug-likeness (QED) is 0.293. The van der Waals surface area contributed by atoms with E-state index in [0.717, 1.165) is 19.3 Å². The van der Waals surface area contributed by atoms with Crippen LogP contribution in [0.4, 0.5) is 0 Å². The highest BCUT2D eigenvalue weighted by Gasteiger charge is 2.18. The van der Waals surface area contributed by atoms with Gasteiger partial charge in [-0.05, 0) is 19.3 Å². The van der Waals surface area contributed by atoms with E-state index in [9.17, 15) is 18.0 Å². The molecule has 0 saturated heterocycles. The summed E-state index contributed by atoms with van der Waals surface area (Å²) >= 11 is 0. The zero-order chi connectivity index (χ0) is 14.7. The van der Waals surface area contributed by atoms with Crippen molar-refractivity contribution < 1.29 is 27.8 Å². The molecule has 0 fully saturated rings. The maximum absolute atomic E-state index is 11.4. The minimum Gasteiger partial charge on any atom is -0.247 e. The van der Waals surface area contributed by atoms with Crippen molar-refractivity contribution in [3.05, 3.63) is 0 Å². The van der Waals surface area contributed by atoms with Gasteiger partial charge in [-0.25, -0.2) is 19.4 Å². The molecule has 110 valence electrons. The first-order valence-electron chi connectivity index (χ1n) is 6.39. The Morgan fingerprint density at radius 1 is 0.895 bits per heavy atom. The third-order valence-electron chi connectivity index (χ3n) is 2.38. The normalized spacial score (nSPS) is 9.79. The fraction of sp³-hybridized carbons (Fsp3) is 0.750. The number of hydrogen-bond acceptors (Lipinski definition) is 6. The highest BCUT2D eigenvalue weighted by molar-refractivity contribution is 7.74. The van der Waals surface area contributed by atoms with Crippen LogP contribution in [0.15, 0.2) is 0 Å². The molecule has 19 heavy (non-hydrogen) atoms. The molecule has 0 N–H and O–H groups in total. The molecule has 0 bridgehead atoms. The first-order chi connectivity index (χ1) is 9.02. The lowest BCUT2D eigenvalue weighted by Crippen LogP contribution is -2.20. The Morgan fingerprint density at radius 3 is 2.05 bits per heavy atom. The van der Waals surface area contributed by atoms with Crippen LogP contribution in [0.2, 0.25) is 0 Å². The molecule has 0 aliphatic carbocycles. The molecule has 0 unspecified atom stereocenters. The van der Waals surface area contributed by atoms with E-state index in [-0.39, 0.29) is 12.8 Å². The number of hydrogen-bond donors (Lipinski definition) is 0. The molecule has 0 rings (SSSR count). The Labute approximate surface area is 114 Å². The summed E-state index contributed by atoms with van der Waals surface area (Å²) in [5, 5.41) is 0. The maximum atomic E-state index is 11.4. The predicted octanol–water partition coefficient (Wildman–Crippen LogP) is 1.81. The Kier molecular flexibility index (Phi) is 9.78. The molecule has 0 aromatic carbocycles. The third-order valence-corrected chi connectivity index (χ3v) is 3.15. The molecule has 0 radical (unpaired) electrons. The van der Waals surface area contributed by atoms with Crippen molar-refractivity contribution in [2.45, 2.75) is 58.8 Å². The summed E-state index contributed by atoms with van der Waals surface area (Å²) in [6, 6.07) is 0. The fourth-order valence-corrected chi connectivity index (χ4v) is 1.76. The average Bonchev–Trinajstić information content (AvgIpc) is 2.36. The Morgan fingerprint density at radius 2 is 1.53 bits per heavy atom. The maximum Gasteiger partial charge on any atom is 0.397 e. The molecule has 0 aromatic heterocycles. The van der Waals surface area contributed by atoms with Crippen LogP contribution >= 0.6 is 0 Å². The average molecular weight is 292 g/mol. The largest absolute Gasteiger partial charge is 0.397 e. The van der Waals surface area contributed by atoms with E-state index in [1.54, 1.807) is 0 Å². The summed E-state index contributed by atoms with van der Waals surface area (Å²) in [6.45, 7) is 3.86. The molecule has 0 saturated carbocycles. The number of carbonyl (C=O) groups excluding carboxylic acids is 2. The van der Waals surface area contributed by atoms with Gasteiger partial charge in [-0.1, -0.05) is 33.1 Å². The van der Waals surface area contributed by atoms with E-state index in [2.05, 4.69) is 9.78 Å². The van der Waals surface area contributed by atoms with Gasteiger partial charge in [0.15, 0.2) is 4.86 Å². The van der Waals surface area contributed by atoms with Crippen LogP contribution in [-0.2, 0) is 29.7 Å². The van der Waals surface area contributed by atoms with Gasteiger partial charge in [-0.15, -0.1) is 0 Å². The molecule has 0 spiro atoms. The van der Waals surface area contributed by atoms with Crippen LogP contribution in [0.5, 0.6) is 0 Å². The Balaban J connectivity index is 4.21. The number of rotatable bonds is 8. The van der Waals surface area contributed by atoms with Crippen LogP contribution in [0, 0.1) is 0 Å². The van der Waals surface area contributed by atoms with Gasteiger partial charge in [0.2, 0.25) is 10.3 Å².